The van der Waals surface area contributed by atoms with E-state index >= 15 is 0 Å². The van der Waals surface area contributed by atoms with Crippen LogP contribution in [0.1, 0.15) is 31.6 Å². The summed E-state index contributed by atoms with van der Waals surface area (Å²) >= 11 is 3.80. The summed E-state index contributed by atoms with van der Waals surface area (Å²) in [7, 11) is 1.51. The van der Waals surface area contributed by atoms with Crippen LogP contribution >= 0.6 is 23.5 Å². The van der Waals surface area contributed by atoms with Crippen molar-refractivity contribution >= 4 is 47.0 Å². The Morgan fingerprint density at radius 2 is 1.65 bits per heavy atom. The van der Waals surface area contributed by atoms with Gasteiger partial charge in [0, 0.05) is 24.2 Å². The Kier molecular flexibility index (Phi) is 8.03. The van der Waals surface area contributed by atoms with Crippen LogP contribution in [0.25, 0.3) is 0 Å². The van der Waals surface area contributed by atoms with Crippen molar-refractivity contribution in [1.29, 1.82) is 0 Å². The van der Waals surface area contributed by atoms with Crippen LogP contribution in [0.2, 0.25) is 0 Å². The lowest BCUT2D eigenvalue weighted by atomic mass is 10.1. The maximum Gasteiger partial charge on any atom is 0.338 e. The largest absolute Gasteiger partial charge is 0.452 e. The summed E-state index contributed by atoms with van der Waals surface area (Å²) in [6.45, 7) is 3.28. The number of amides is 2. The first kappa shape index (κ1) is 23.2. The quantitative estimate of drug-likeness (QED) is 0.631. The standard InChI is InChI=1S/C23H26N2O4S2/c1-15-5-4-6-16(2)21(15)24-19(26)13-25(3)20(27)14-29-22(28)17-7-9-18(10-8-17)23-30-11-12-31-23/h4-10,23H,11-14H2,1-3H3,(H,24,26). The second-order valence-corrected chi connectivity index (χ2v) is 10.1. The van der Waals surface area contributed by atoms with Crippen LogP contribution in [0.15, 0.2) is 42.5 Å². The highest BCUT2D eigenvalue weighted by molar-refractivity contribution is 8.19. The van der Waals surface area contributed by atoms with E-state index in [0.29, 0.717) is 10.1 Å². The van der Waals surface area contributed by atoms with Gasteiger partial charge < -0.3 is 15.0 Å². The summed E-state index contributed by atoms with van der Waals surface area (Å²) in [5, 5.41) is 2.84. The summed E-state index contributed by atoms with van der Waals surface area (Å²) in [5.41, 5.74) is 4.23. The second-order valence-electron chi connectivity index (χ2n) is 7.34. The first-order valence-corrected chi connectivity index (χ1v) is 12.0. The maximum atomic E-state index is 12.3. The molecule has 1 N–H and O–H groups in total. The zero-order valence-electron chi connectivity index (χ0n) is 17.8. The molecule has 6 nitrogen and oxygen atoms in total. The topological polar surface area (TPSA) is 75.7 Å². The van der Waals surface area contributed by atoms with Gasteiger partial charge in [0.15, 0.2) is 6.61 Å². The number of nitrogens with zero attached hydrogens (tertiary/aromatic N) is 1. The number of nitrogens with one attached hydrogen (secondary N) is 1. The molecule has 1 fully saturated rings. The summed E-state index contributed by atoms with van der Waals surface area (Å²) in [6, 6.07) is 13.1. The van der Waals surface area contributed by atoms with Crippen LogP contribution < -0.4 is 5.32 Å². The van der Waals surface area contributed by atoms with Crippen LogP contribution in [0.5, 0.6) is 0 Å². The van der Waals surface area contributed by atoms with Gasteiger partial charge in [-0.3, -0.25) is 9.59 Å². The molecule has 0 aliphatic carbocycles. The summed E-state index contributed by atoms with van der Waals surface area (Å²) in [5.74, 6) is 0.965. The van der Waals surface area contributed by atoms with Gasteiger partial charge in [0.25, 0.3) is 5.91 Å². The van der Waals surface area contributed by atoms with Crippen LogP contribution in [-0.2, 0) is 14.3 Å². The molecule has 164 valence electrons. The van der Waals surface area contributed by atoms with E-state index in [0.717, 1.165) is 28.3 Å². The van der Waals surface area contributed by atoms with Gasteiger partial charge in [-0.25, -0.2) is 4.79 Å². The number of para-hydroxylation sites is 1. The number of hydrogen-bond donors (Lipinski definition) is 1. The molecule has 0 atom stereocenters. The van der Waals surface area contributed by atoms with Crippen LogP contribution in [0.4, 0.5) is 5.69 Å². The molecule has 2 aromatic carbocycles. The molecule has 2 amide bonds. The van der Waals surface area contributed by atoms with E-state index in [1.54, 1.807) is 12.1 Å². The number of anilines is 1. The summed E-state index contributed by atoms with van der Waals surface area (Å²) in [6.07, 6.45) is 0. The van der Waals surface area contributed by atoms with Gasteiger partial charge in [0.05, 0.1) is 16.7 Å². The third kappa shape index (κ3) is 6.27. The fraction of sp³-hybridized carbons (Fsp3) is 0.348. The monoisotopic (exact) mass is 458 g/mol. The average Bonchev–Trinajstić information content (AvgIpc) is 3.29. The SMILES string of the molecule is Cc1cccc(C)c1NC(=O)CN(C)C(=O)COC(=O)c1ccc(C2SCCS2)cc1. The van der Waals surface area contributed by atoms with Gasteiger partial charge in [-0.05, 0) is 42.7 Å². The smallest absolute Gasteiger partial charge is 0.338 e. The van der Waals surface area contributed by atoms with Crippen molar-refractivity contribution in [1.82, 2.24) is 4.90 Å². The average molecular weight is 459 g/mol. The number of aryl methyl sites for hydroxylation is 2. The van der Waals surface area contributed by atoms with E-state index in [1.165, 1.54) is 17.5 Å². The summed E-state index contributed by atoms with van der Waals surface area (Å²) in [4.78, 5) is 38.1. The van der Waals surface area contributed by atoms with Crippen molar-refractivity contribution in [2.75, 3.05) is 37.0 Å². The van der Waals surface area contributed by atoms with Gasteiger partial charge in [0.2, 0.25) is 5.91 Å². The third-order valence-electron chi connectivity index (χ3n) is 4.92. The Hall–Kier alpha value is -2.45. The molecule has 2 aromatic rings. The van der Waals surface area contributed by atoms with E-state index in [9.17, 15) is 14.4 Å². The van der Waals surface area contributed by atoms with Crippen molar-refractivity contribution < 1.29 is 19.1 Å². The Balaban J connectivity index is 1.47. The highest BCUT2D eigenvalue weighted by atomic mass is 32.2. The van der Waals surface area contributed by atoms with E-state index in [-0.39, 0.29) is 12.5 Å². The third-order valence-corrected chi connectivity index (χ3v) is 8.02. The predicted octanol–water partition coefficient (Wildman–Crippen LogP) is 4.04. The molecule has 1 saturated heterocycles. The van der Waals surface area contributed by atoms with Gasteiger partial charge in [0.1, 0.15) is 0 Å². The normalized spacial score (nSPS) is 13.6. The number of hydrogen-bond acceptors (Lipinski definition) is 6. The van der Waals surface area contributed by atoms with Crippen molar-refractivity contribution in [3.05, 3.63) is 64.7 Å². The summed E-state index contributed by atoms with van der Waals surface area (Å²) < 4.78 is 5.55. The van der Waals surface area contributed by atoms with Crippen molar-refractivity contribution in [2.24, 2.45) is 0 Å². The number of carbonyl (C=O) groups excluding carboxylic acids is 3. The highest BCUT2D eigenvalue weighted by Crippen LogP contribution is 2.45. The zero-order valence-corrected chi connectivity index (χ0v) is 19.5. The van der Waals surface area contributed by atoms with Crippen LogP contribution in [-0.4, -0.2) is 54.4 Å². The minimum atomic E-state index is -0.556. The second kappa shape index (κ2) is 10.7. The van der Waals surface area contributed by atoms with E-state index in [1.807, 2.05) is 67.7 Å². The number of carbonyl (C=O) groups is 3. The molecular formula is C23H26N2O4S2. The first-order valence-electron chi connectivity index (χ1n) is 9.95. The molecule has 0 unspecified atom stereocenters. The lowest BCUT2D eigenvalue weighted by Gasteiger charge is -2.18. The molecule has 0 bridgehead atoms. The minimum Gasteiger partial charge on any atom is -0.452 e. The van der Waals surface area contributed by atoms with Crippen molar-refractivity contribution in [2.45, 2.75) is 18.4 Å². The number of likely N-dealkylation sites (N-methyl/N-ethyl adjacent to an activating group) is 1. The molecule has 1 heterocycles. The van der Waals surface area contributed by atoms with E-state index in [2.05, 4.69) is 5.32 Å². The van der Waals surface area contributed by atoms with Gasteiger partial charge in [-0.2, -0.15) is 0 Å². The molecule has 0 saturated carbocycles. The molecular weight excluding hydrogens is 432 g/mol. The highest BCUT2D eigenvalue weighted by Gasteiger charge is 2.20. The molecule has 0 aromatic heterocycles. The molecule has 0 radical (unpaired) electrons. The maximum absolute atomic E-state index is 12.3. The lowest BCUT2D eigenvalue weighted by molar-refractivity contribution is -0.136. The van der Waals surface area contributed by atoms with E-state index < -0.39 is 18.5 Å². The Bertz CT molecular complexity index is 936. The number of esters is 1. The first-order chi connectivity index (χ1) is 14.8. The fourth-order valence-electron chi connectivity index (χ4n) is 3.14. The minimum absolute atomic E-state index is 0.129. The van der Waals surface area contributed by atoms with Gasteiger partial charge in [-0.15, -0.1) is 23.5 Å². The number of benzene rings is 2. The lowest BCUT2D eigenvalue weighted by Crippen LogP contribution is -2.37. The molecule has 8 heteroatoms. The Labute approximate surface area is 191 Å². The van der Waals surface area contributed by atoms with Gasteiger partial charge >= 0.3 is 5.97 Å². The number of thioether (sulfide) groups is 2. The molecule has 3 rings (SSSR count). The molecule has 1 aliphatic rings. The Morgan fingerprint density at radius 3 is 2.26 bits per heavy atom. The predicted molar refractivity (Wildman–Crippen MR) is 127 cm³/mol. The van der Waals surface area contributed by atoms with Crippen molar-refractivity contribution in [3.8, 4) is 0 Å². The molecule has 31 heavy (non-hydrogen) atoms. The fourth-order valence-corrected chi connectivity index (χ4v) is 6.00. The zero-order chi connectivity index (χ0) is 22.4. The van der Waals surface area contributed by atoms with Crippen molar-refractivity contribution in [3.63, 3.8) is 0 Å². The van der Waals surface area contributed by atoms with Crippen LogP contribution in [0, 0.1) is 13.8 Å². The number of rotatable bonds is 7. The Morgan fingerprint density at radius 1 is 1.03 bits per heavy atom. The van der Waals surface area contributed by atoms with Crippen LogP contribution in [0.3, 0.4) is 0 Å². The number of ether oxygens (including phenoxy) is 1. The van der Waals surface area contributed by atoms with Gasteiger partial charge in [-0.1, -0.05) is 30.3 Å². The molecule has 1 aliphatic heterocycles. The van der Waals surface area contributed by atoms with E-state index in [4.69, 9.17) is 4.74 Å². The molecule has 0 spiro atoms.